The Hall–Kier alpha value is -2.41. The number of hydrogen-bond donors (Lipinski definition) is 3. The zero-order valence-electron chi connectivity index (χ0n) is 19.3. The average Bonchev–Trinajstić information content (AvgIpc) is 3.25. The summed E-state index contributed by atoms with van der Waals surface area (Å²) in [6, 6.07) is 7.84. The number of carbonyl (C=O) groups is 3. The number of benzene rings is 1. The lowest BCUT2D eigenvalue weighted by molar-refractivity contribution is -0.142. The van der Waals surface area contributed by atoms with Gasteiger partial charge >= 0.3 is 0 Å². The topological polar surface area (TPSA) is 105 Å². The van der Waals surface area contributed by atoms with E-state index in [-0.39, 0.29) is 29.6 Å². The molecule has 7 heteroatoms. The number of carbonyl (C=O) groups excluding carboxylic acids is 3. The molecule has 172 valence electrons. The van der Waals surface area contributed by atoms with Crippen LogP contribution in [0, 0.1) is 11.8 Å². The van der Waals surface area contributed by atoms with Crippen molar-refractivity contribution in [3.05, 3.63) is 35.9 Å². The molecule has 1 aliphatic heterocycles. The summed E-state index contributed by atoms with van der Waals surface area (Å²) < 4.78 is 0. The van der Waals surface area contributed by atoms with Crippen LogP contribution in [0.1, 0.15) is 58.9 Å². The van der Waals surface area contributed by atoms with Gasteiger partial charge in [0, 0.05) is 13.1 Å². The fraction of sp³-hybridized carbons (Fsp3) is 0.625. The van der Waals surface area contributed by atoms with Crippen molar-refractivity contribution < 1.29 is 14.4 Å². The molecule has 7 nitrogen and oxygen atoms in total. The van der Waals surface area contributed by atoms with Gasteiger partial charge in [0.15, 0.2) is 0 Å². The zero-order valence-corrected chi connectivity index (χ0v) is 19.3. The van der Waals surface area contributed by atoms with Crippen molar-refractivity contribution in [1.82, 2.24) is 15.5 Å². The van der Waals surface area contributed by atoms with Gasteiger partial charge in [-0.05, 0) is 36.7 Å². The maximum Gasteiger partial charge on any atom is 0.246 e. The van der Waals surface area contributed by atoms with Crippen molar-refractivity contribution in [2.24, 2.45) is 17.6 Å². The van der Waals surface area contributed by atoms with Crippen LogP contribution in [0.25, 0.3) is 0 Å². The molecule has 0 aliphatic carbocycles. The summed E-state index contributed by atoms with van der Waals surface area (Å²) in [6.45, 7) is 8.88. The zero-order chi connectivity index (χ0) is 23.0. The van der Waals surface area contributed by atoms with Crippen molar-refractivity contribution in [2.45, 2.75) is 78.0 Å². The van der Waals surface area contributed by atoms with Crippen molar-refractivity contribution in [3.63, 3.8) is 0 Å². The minimum absolute atomic E-state index is 0.0590. The first-order valence-electron chi connectivity index (χ1n) is 11.4. The van der Waals surface area contributed by atoms with E-state index < -0.39 is 18.1 Å². The number of nitrogens with one attached hydrogen (secondary N) is 2. The first-order chi connectivity index (χ1) is 14.7. The highest BCUT2D eigenvalue weighted by atomic mass is 16.2. The first kappa shape index (κ1) is 24.9. The second kappa shape index (κ2) is 11.8. The molecule has 0 spiro atoms. The van der Waals surface area contributed by atoms with Gasteiger partial charge in [0.25, 0.3) is 0 Å². The van der Waals surface area contributed by atoms with Crippen molar-refractivity contribution in [1.29, 1.82) is 0 Å². The van der Waals surface area contributed by atoms with Gasteiger partial charge in [-0.25, -0.2) is 0 Å². The van der Waals surface area contributed by atoms with Crippen LogP contribution < -0.4 is 16.4 Å². The molecule has 0 aromatic heterocycles. The summed E-state index contributed by atoms with van der Waals surface area (Å²) >= 11 is 0. The fourth-order valence-electron chi connectivity index (χ4n) is 3.94. The second-order valence-corrected chi connectivity index (χ2v) is 9.00. The molecule has 4 N–H and O–H groups in total. The van der Waals surface area contributed by atoms with Gasteiger partial charge in [-0.2, -0.15) is 0 Å². The van der Waals surface area contributed by atoms with Crippen molar-refractivity contribution >= 4 is 17.7 Å². The molecule has 0 saturated carbocycles. The van der Waals surface area contributed by atoms with Gasteiger partial charge in [-0.15, -0.1) is 0 Å². The number of amides is 3. The fourth-order valence-corrected chi connectivity index (χ4v) is 3.94. The first-order valence-corrected chi connectivity index (χ1v) is 11.4. The molecule has 1 heterocycles. The molecule has 1 fully saturated rings. The van der Waals surface area contributed by atoms with Gasteiger partial charge in [-0.1, -0.05) is 64.4 Å². The SMILES string of the molecule is CC[C@H](C)[C@H](NC(=O)[C@@H](N)CC(C)C)C(=O)N1CCC[C@H]1C(=O)NCc1ccccc1. The molecule has 1 aromatic carbocycles. The number of likely N-dealkylation sites (tertiary alicyclic amines) is 1. The molecule has 1 saturated heterocycles. The second-order valence-electron chi connectivity index (χ2n) is 9.00. The number of nitrogens with two attached hydrogens (primary N) is 1. The Kier molecular flexibility index (Phi) is 9.49. The molecule has 3 amide bonds. The maximum absolute atomic E-state index is 13.4. The standard InChI is InChI=1S/C24H38N4O3/c1-5-17(4)21(27-22(29)19(25)14-16(2)3)24(31)28-13-9-12-20(28)23(30)26-15-18-10-7-6-8-11-18/h6-8,10-11,16-17,19-21H,5,9,12-15,25H2,1-4H3,(H,26,30)(H,27,29)/t17-,19-,20-,21-/m0/s1. The Morgan fingerprint density at radius 3 is 2.45 bits per heavy atom. The summed E-state index contributed by atoms with van der Waals surface area (Å²) in [5.41, 5.74) is 7.04. The molecule has 2 rings (SSSR count). The summed E-state index contributed by atoms with van der Waals surface area (Å²) in [7, 11) is 0. The van der Waals surface area contributed by atoms with Gasteiger partial charge in [0.05, 0.1) is 6.04 Å². The van der Waals surface area contributed by atoms with Gasteiger partial charge < -0.3 is 21.3 Å². The van der Waals surface area contributed by atoms with E-state index in [1.807, 2.05) is 58.0 Å². The minimum Gasteiger partial charge on any atom is -0.350 e. The molecule has 0 bridgehead atoms. The third-order valence-corrected chi connectivity index (χ3v) is 5.99. The van der Waals surface area contributed by atoms with E-state index >= 15 is 0 Å². The molecular weight excluding hydrogens is 392 g/mol. The number of rotatable bonds is 10. The Morgan fingerprint density at radius 1 is 1.16 bits per heavy atom. The van der Waals surface area contributed by atoms with Crippen LogP contribution in [0.4, 0.5) is 0 Å². The Balaban J connectivity index is 2.06. The van der Waals surface area contributed by atoms with Gasteiger partial charge in [0.2, 0.25) is 17.7 Å². The minimum atomic E-state index is -0.682. The molecule has 0 radical (unpaired) electrons. The van der Waals surface area contributed by atoms with E-state index in [9.17, 15) is 14.4 Å². The molecule has 1 aromatic rings. The van der Waals surface area contributed by atoms with E-state index in [1.54, 1.807) is 4.90 Å². The number of hydrogen-bond acceptors (Lipinski definition) is 4. The van der Waals surface area contributed by atoms with Crippen LogP contribution in [-0.2, 0) is 20.9 Å². The highest BCUT2D eigenvalue weighted by Gasteiger charge is 2.39. The summed E-state index contributed by atoms with van der Waals surface area (Å²) in [4.78, 5) is 40.5. The monoisotopic (exact) mass is 430 g/mol. The van der Waals surface area contributed by atoms with E-state index in [2.05, 4.69) is 10.6 Å². The molecule has 0 unspecified atom stereocenters. The normalized spacial score (nSPS) is 19.0. The highest BCUT2D eigenvalue weighted by Crippen LogP contribution is 2.22. The van der Waals surface area contributed by atoms with Crippen molar-refractivity contribution in [3.8, 4) is 0 Å². The molecule has 31 heavy (non-hydrogen) atoms. The van der Waals surface area contributed by atoms with Crippen LogP contribution in [0.5, 0.6) is 0 Å². The van der Waals surface area contributed by atoms with Crippen LogP contribution >= 0.6 is 0 Å². The highest BCUT2D eigenvalue weighted by molar-refractivity contribution is 5.93. The summed E-state index contributed by atoms with van der Waals surface area (Å²) in [5, 5.41) is 5.83. The molecule has 1 aliphatic rings. The Labute approximate surface area is 186 Å². The molecule has 4 atom stereocenters. The van der Waals surface area contributed by atoms with Crippen LogP contribution in [0.15, 0.2) is 30.3 Å². The maximum atomic E-state index is 13.4. The third kappa shape index (κ3) is 7.06. The third-order valence-electron chi connectivity index (χ3n) is 5.99. The Morgan fingerprint density at radius 2 is 1.84 bits per heavy atom. The van der Waals surface area contributed by atoms with Crippen molar-refractivity contribution in [2.75, 3.05) is 6.54 Å². The van der Waals surface area contributed by atoms with Gasteiger partial charge in [0.1, 0.15) is 12.1 Å². The lowest BCUT2D eigenvalue weighted by Gasteiger charge is -2.32. The lowest BCUT2D eigenvalue weighted by atomic mass is 9.96. The van der Waals surface area contributed by atoms with E-state index in [0.29, 0.717) is 25.9 Å². The predicted molar refractivity (Wildman–Crippen MR) is 122 cm³/mol. The molecular formula is C24H38N4O3. The number of nitrogens with zero attached hydrogens (tertiary/aromatic N) is 1. The van der Waals surface area contributed by atoms with Crippen LogP contribution in [0.2, 0.25) is 0 Å². The largest absolute Gasteiger partial charge is 0.350 e. The summed E-state index contributed by atoms with van der Waals surface area (Å²) in [6.07, 6.45) is 2.68. The predicted octanol–water partition coefficient (Wildman–Crippen LogP) is 2.20. The van der Waals surface area contributed by atoms with Crippen LogP contribution in [0.3, 0.4) is 0 Å². The Bertz CT molecular complexity index is 738. The lowest BCUT2D eigenvalue weighted by Crippen LogP contribution is -2.57. The van der Waals surface area contributed by atoms with Gasteiger partial charge in [-0.3, -0.25) is 14.4 Å². The van der Waals surface area contributed by atoms with E-state index in [1.165, 1.54) is 0 Å². The smallest absolute Gasteiger partial charge is 0.246 e. The quantitative estimate of drug-likeness (QED) is 0.529. The summed E-state index contributed by atoms with van der Waals surface area (Å²) in [5.74, 6) is -0.431. The van der Waals surface area contributed by atoms with Crippen LogP contribution in [-0.4, -0.2) is 47.3 Å². The average molecular weight is 431 g/mol. The van der Waals surface area contributed by atoms with E-state index in [0.717, 1.165) is 18.4 Å². The van der Waals surface area contributed by atoms with E-state index in [4.69, 9.17) is 5.73 Å².